The van der Waals surface area contributed by atoms with Crippen LogP contribution in [0.4, 0.5) is 9.18 Å². The highest BCUT2D eigenvalue weighted by Gasteiger charge is 2.35. The van der Waals surface area contributed by atoms with E-state index in [1.165, 1.54) is 30.6 Å². The van der Waals surface area contributed by atoms with E-state index in [0.29, 0.717) is 38.5 Å². The van der Waals surface area contributed by atoms with Crippen molar-refractivity contribution in [1.29, 1.82) is 0 Å². The number of halogens is 3. The Bertz CT molecular complexity index is 1450. The SMILES string of the molecule is COC(=O)N1C/C(=C\c2ccc(F)cc2)c2c(c(C(=O)N[C@H](C)C3CCCCC3)nn2-c2ccc(Cl)cc2Cl)C1. The minimum Gasteiger partial charge on any atom is -0.453 e. The van der Waals surface area contributed by atoms with Crippen LogP contribution in [-0.4, -0.2) is 46.4 Å². The first-order chi connectivity index (χ1) is 19.2. The highest BCUT2D eigenvalue weighted by Crippen LogP contribution is 2.36. The van der Waals surface area contributed by atoms with Gasteiger partial charge in [-0.1, -0.05) is 54.6 Å². The Morgan fingerprint density at radius 1 is 1.10 bits per heavy atom. The zero-order valence-corrected chi connectivity index (χ0v) is 23.9. The van der Waals surface area contributed by atoms with Gasteiger partial charge in [0.1, 0.15) is 5.82 Å². The lowest BCUT2D eigenvalue weighted by atomic mass is 9.84. The topological polar surface area (TPSA) is 76.5 Å². The number of nitrogens with zero attached hydrogens (tertiary/aromatic N) is 3. The molecule has 1 N–H and O–H groups in total. The quantitative estimate of drug-likeness (QED) is 0.346. The molecule has 2 heterocycles. The number of amides is 2. The molecule has 0 bridgehead atoms. The van der Waals surface area contributed by atoms with Crippen molar-refractivity contribution in [3.63, 3.8) is 0 Å². The summed E-state index contributed by atoms with van der Waals surface area (Å²) in [5, 5.41) is 8.77. The van der Waals surface area contributed by atoms with Gasteiger partial charge < -0.3 is 10.1 Å². The molecule has 1 fully saturated rings. The molecule has 2 aromatic carbocycles. The van der Waals surface area contributed by atoms with Gasteiger partial charge in [-0.25, -0.2) is 13.9 Å². The van der Waals surface area contributed by atoms with Gasteiger partial charge in [0, 0.05) is 16.6 Å². The number of rotatable bonds is 5. The number of fused-ring (bicyclic) bond motifs is 1. The lowest BCUT2D eigenvalue weighted by Crippen LogP contribution is -2.40. The maximum atomic E-state index is 13.8. The van der Waals surface area contributed by atoms with E-state index in [1.807, 2.05) is 13.0 Å². The summed E-state index contributed by atoms with van der Waals surface area (Å²) >= 11 is 12.8. The molecule has 0 radical (unpaired) electrons. The number of hydrogen-bond acceptors (Lipinski definition) is 4. The summed E-state index contributed by atoms with van der Waals surface area (Å²) in [5.41, 5.74) is 3.38. The molecular weight excluding hydrogens is 554 g/mol. The van der Waals surface area contributed by atoms with Crippen molar-refractivity contribution in [2.24, 2.45) is 5.92 Å². The van der Waals surface area contributed by atoms with Gasteiger partial charge in [-0.05, 0) is 73.2 Å². The number of ether oxygens (including phenoxy) is 1. The molecule has 1 aliphatic heterocycles. The molecule has 2 amide bonds. The predicted molar refractivity (Wildman–Crippen MR) is 154 cm³/mol. The van der Waals surface area contributed by atoms with Crippen LogP contribution in [0.3, 0.4) is 0 Å². The summed E-state index contributed by atoms with van der Waals surface area (Å²) in [7, 11) is 1.32. The zero-order chi connectivity index (χ0) is 28.4. The molecule has 2 aliphatic rings. The second-order valence-electron chi connectivity index (χ2n) is 10.4. The van der Waals surface area contributed by atoms with Crippen molar-refractivity contribution in [3.8, 4) is 5.69 Å². The molecule has 0 unspecified atom stereocenters. The summed E-state index contributed by atoms with van der Waals surface area (Å²) in [6.45, 7) is 2.34. The first-order valence-corrected chi connectivity index (χ1v) is 14.2. The molecule has 5 rings (SSSR count). The molecule has 40 heavy (non-hydrogen) atoms. The van der Waals surface area contributed by atoms with E-state index in [4.69, 9.17) is 33.0 Å². The van der Waals surface area contributed by atoms with Crippen LogP contribution < -0.4 is 5.32 Å². The van der Waals surface area contributed by atoms with Gasteiger partial charge in [-0.15, -0.1) is 0 Å². The smallest absolute Gasteiger partial charge is 0.410 e. The molecule has 7 nitrogen and oxygen atoms in total. The number of carbonyl (C=O) groups excluding carboxylic acids is 2. The molecule has 3 aromatic rings. The van der Waals surface area contributed by atoms with Crippen molar-refractivity contribution in [2.75, 3.05) is 13.7 Å². The highest BCUT2D eigenvalue weighted by atomic mass is 35.5. The van der Waals surface area contributed by atoms with Crippen molar-refractivity contribution in [1.82, 2.24) is 20.0 Å². The number of methoxy groups -OCH3 is 1. The van der Waals surface area contributed by atoms with Gasteiger partial charge in [0.05, 0.1) is 36.6 Å². The minimum atomic E-state index is -0.533. The number of aromatic nitrogens is 2. The fourth-order valence-corrected chi connectivity index (χ4v) is 6.12. The predicted octanol–water partition coefficient (Wildman–Crippen LogP) is 7.14. The molecule has 1 saturated carbocycles. The van der Waals surface area contributed by atoms with Crippen molar-refractivity contribution in [2.45, 2.75) is 51.6 Å². The first kappa shape index (κ1) is 28.2. The van der Waals surface area contributed by atoms with Crippen LogP contribution in [-0.2, 0) is 11.3 Å². The molecule has 10 heteroatoms. The normalized spacial score (nSPS) is 17.4. The maximum absolute atomic E-state index is 13.8. The van der Waals surface area contributed by atoms with E-state index in [0.717, 1.165) is 31.2 Å². The molecule has 0 spiro atoms. The van der Waals surface area contributed by atoms with Crippen LogP contribution in [0.25, 0.3) is 17.3 Å². The average Bonchev–Trinajstić information content (AvgIpc) is 3.34. The lowest BCUT2D eigenvalue weighted by Gasteiger charge is -2.29. The Balaban J connectivity index is 1.64. The van der Waals surface area contributed by atoms with E-state index in [1.54, 1.807) is 35.0 Å². The van der Waals surface area contributed by atoms with Crippen LogP contribution in [0.2, 0.25) is 10.0 Å². The third-order valence-corrected chi connectivity index (χ3v) is 8.25. The summed E-state index contributed by atoms with van der Waals surface area (Å²) in [6.07, 6.45) is 7.02. The number of hydrogen-bond donors (Lipinski definition) is 1. The standard InChI is InChI=1S/C30H31Cl2FN4O3/c1-18(20-6-4-3-5-7-20)34-29(38)27-24-17-36(30(39)40-2)16-21(14-19-8-11-23(33)12-9-19)28(24)37(35-27)26-13-10-22(31)15-25(26)32/h8-15,18,20H,3-7,16-17H2,1-2H3,(H,34,38)/b21-14+/t18-/m1/s1. The van der Waals surface area contributed by atoms with Crippen LogP contribution in [0, 0.1) is 11.7 Å². The molecule has 1 aromatic heterocycles. The van der Waals surface area contributed by atoms with Crippen molar-refractivity contribution < 1.29 is 18.7 Å². The molecule has 210 valence electrons. The maximum Gasteiger partial charge on any atom is 0.410 e. The van der Waals surface area contributed by atoms with Gasteiger partial charge in [-0.3, -0.25) is 9.69 Å². The highest BCUT2D eigenvalue weighted by molar-refractivity contribution is 6.35. The van der Waals surface area contributed by atoms with Gasteiger partial charge in [0.25, 0.3) is 5.91 Å². The fraction of sp³-hybridized carbons (Fsp3) is 0.367. The Morgan fingerprint density at radius 3 is 2.50 bits per heavy atom. The van der Waals surface area contributed by atoms with E-state index in [2.05, 4.69) is 5.32 Å². The second kappa shape index (κ2) is 12.0. The molecule has 0 saturated heterocycles. The lowest BCUT2D eigenvalue weighted by molar-refractivity contribution is 0.0909. The van der Waals surface area contributed by atoms with Crippen LogP contribution >= 0.6 is 23.2 Å². The number of carbonyl (C=O) groups is 2. The Hall–Kier alpha value is -3.36. The number of nitrogens with one attached hydrogen (secondary N) is 1. The summed E-state index contributed by atoms with van der Waals surface area (Å²) in [5.74, 6) is -0.264. The minimum absolute atomic E-state index is 0.0257. The zero-order valence-electron chi connectivity index (χ0n) is 22.4. The third kappa shape index (κ3) is 5.88. The van der Waals surface area contributed by atoms with E-state index >= 15 is 0 Å². The second-order valence-corrected chi connectivity index (χ2v) is 11.2. The van der Waals surface area contributed by atoms with Crippen molar-refractivity contribution in [3.05, 3.63) is 80.8 Å². The largest absolute Gasteiger partial charge is 0.453 e. The van der Waals surface area contributed by atoms with Gasteiger partial charge in [-0.2, -0.15) is 5.10 Å². The summed E-state index contributed by atoms with van der Waals surface area (Å²) < 4.78 is 20.3. The van der Waals surface area contributed by atoms with E-state index < -0.39 is 6.09 Å². The Labute approximate surface area is 242 Å². The van der Waals surface area contributed by atoms with Crippen LogP contribution in [0.1, 0.15) is 66.3 Å². The van der Waals surface area contributed by atoms with Gasteiger partial charge >= 0.3 is 6.09 Å². The molecule has 1 atom stereocenters. The molecular formula is C30H31Cl2FN4O3. The van der Waals surface area contributed by atoms with Crippen LogP contribution in [0.15, 0.2) is 42.5 Å². The summed E-state index contributed by atoms with van der Waals surface area (Å²) in [4.78, 5) is 28.0. The van der Waals surface area contributed by atoms with Gasteiger partial charge in [0.15, 0.2) is 5.69 Å². The third-order valence-electron chi connectivity index (χ3n) is 7.71. The van der Waals surface area contributed by atoms with E-state index in [-0.39, 0.29) is 36.5 Å². The first-order valence-electron chi connectivity index (χ1n) is 13.4. The van der Waals surface area contributed by atoms with E-state index in [9.17, 15) is 14.0 Å². The Kier molecular flexibility index (Phi) is 8.47. The summed E-state index contributed by atoms with van der Waals surface area (Å²) in [6, 6.07) is 11.1. The average molecular weight is 586 g/mol. The van der Waals surface area contributed by atoms with Crippen LogP contribution in [0.5, 0.6) is 0 Å². The Morgan fingerprint density at radius 2 is 1.82 bits per heavy atom. The van der Waals surface area contributed by atoms with Crippen molar-refractivity contribution >= 4 is 46.9 Å². The number of benzene rings is 2. The van der Waals surface area contributed by atoms with Gasteiger partial charge in [0.2, 0.25) is 0 Å². The monoisotopic (exact) mass is 584 g/mol. The molecule has 1 aliphatic carbocycles. The fourth-order valence-electron chi connectivity index (χ4n) is 5.63.